The van der Waals surface area contributed by atoms with Crippen molar-refractivity contribution in [1.82, 2.24) is 9.55 Å². The molecule has 3 nitrogen and oxygen atoms in total. The van der Waals surface area contributed by atoms with Crippen molar-refractivity contribution in [3.05, 3.63) is 57.2 Å². The summed E-state index contributed by atoms with van der Waals surface area (Å²) in [5, 5.41) is 2.68. The molecule has 0 aliphatic carbocycles. The molecule has 0 aliphatic rings. The van der Waals surface area contributed by atoms with Crippen LogP contribution in [0.3, 0.4) is 0 Å². The molecule has 20 heavy (non-hydrogen) atoms. The largest absolute Gasteiger partial charge is 0.290 e. The van der Waals surface area contributed by atoms with E-state index in [0.717, 1.165) is 21.1 Å². The van der Waals surface area contributed by atoms with Crippen LogP contribution >= 0.6 is 23.1 Å². The van der Waals surface area contributed by atoms with Crippen molar-refractivity contribution in [3.8, 4) is 0 Å². The van der Waals surface area contributed by atoms with E-state index >= 15 is 0 Å². The van der Waals surface area contributed by atoms with Crippen molar-refractivity contribution >= 4 is 33.3 Å². The molecule has 0 unspecified atom stereocenters. The topological polar surface area (TPSA) is 34.9 Å². The number of aryl methyl sites for hydroxylation is 1. The average Bonchev–Trinajstić information content (AvgIpc) is 2.91. The number of rotatable bonds is 3. The summed E-state index contributed by atoms with van der Waals surface area (Å²) in [7, 11) is 1.78. The molecule has 5 heteroatoms. The van der Waals surface area contributed by atoms with E-state index < -0.39 is 0 Å². The lowest BCUT2D eigenvalue weighted by Crippen LogP contribution is -2.18. The quantitative estimate of drug-likeness (QED) is 0.548. The highest BCUT2D eigenvalue weighted by atomic mass is 32.2. The molecule has 0 bridgehead atoms. The van der Waals surface area contributed by atoms with Gasteiger partial charge < -0.3 is 0 Å². The van der Waals surface area contributed by atoms with Gasteiger partial charge in [-0.3, -0.25) is 9.36 Å². The zero-order valence-corrected chi connectivity index (χ0v) is 12.9. The Kier molecular flexibility index (Phi) is 3.63. The van der Waals surface area contributed by atoms with Gasteiger partial charge in [-0.1, -0.05) is 41.6 Å². The molecule has 1 aromatic carbocycles. The number of hydrogen-bond donors (Lipinski definition) is 0. The second-order valence-corrected chi connectivity index (χ2v) is 6.53. The van der Waals surface area contributed by atoms with Gasteiger partial charge in [0.2, 0.25) is 0 Å². The summed E-state index contributed by atoms with van der Waals surface area (Å²) in [5.41, 5.74) is 3.32. The first-order chi connectivity index (χ1) is 9.65. The highest BCUT2D eigenvalue weighted by Gasteiger charge is 2.09. The first kappa shape index (κ1) is 13.4. The van der Waals surface area contributed by atoms with Crippen LogP contribution in [-0.2, 0) is 12.8 Å². The molecule has 0 atom stereocenters. The maximum atomic E-state index is 12.2. The van der Waals surface area contributed by atoms with E-state index in [-0.39, 0.29) is 5.56 Å². The fourth-order valence-corrected chi connectivity index (χ4v) is 3.66. The van der Waals surface area contributed by atoms with Gasteiger partial charge in [0.25, 0.3) is 5.56 Å². The fraction of sp³-hybridized carbons (Fsp3) is 0.200. The van der Waals surface area contributed by atoms with E-state index in [9.17, 15) is 4.79 Å². The van der Waals surface area contributed by atoms with Crippen LogP contribution in [0.4, 0.5) is 0 Å². The van der Waals surface area contributed by atoms with E-state index in [2.05, 4.69) is 36.2 Å². The van der Waals surface area contributed by atoms with Gasteiger partial charge >= 0.3 is 0 Å². The Labute approximate surface area is 125 Å². The molecule has 0 amide bonds. The third kappa shape index (κ3) is 2.51. The van der Waals surface area contributed by atoms with Gasteiger partial charge in [0.15, 0.2) is 5.16 Å². The summed E-state index contributed by atoms with van der Waals surface area (Å²) in [4.78, 5) is 16.8. The Hall–Kier alpha value is -1.59. The van der Waals surface area contributed by atoms with Crippen molar-refractivity contribution in [2.45, 2.75) is 17.8 Å². The van der Waals surface area contributed by atoms with Crippen LogP contribution in [0.2, 0.25) is 0 Å². The maximum absolute atomic E-state index is 12.2. The second kappa shape index (κ2) is 5.42. The van der Waals surface area contributed by atoms with Crippen LogP contribution in [0.5, 0.6) is 0 Å². The van der Waals surface area contributed by atoms with Crippen molar-refractivity contribution in [2.24, 2.45) is 7.05 Å². The number of thioether (sulfide) groups is 1. The number of hydrogen-bond acceptors (Lipinski definition) is 4. The van der Waals surface area contributed by atoms with Crippen molar-refractivity contribution in [3.63, 3.8) is 0 Å². The summed E-state index contributed by atoms with van der Waals surface area (Å²) >= 11 is 3.04. The summed E-state index contributed by atoms with van der Waals surface area (Å²) < 4.78 is 2.37. The molecule has 2 heterocycles. The number of thiophene rings is 1. The van der Waals surface area contributed by atoms with Crippen molar-refractivity contribution in [1.29, 1.82) is 0 Å². The maximum Gasteiger partial charge on any atom is 0.271 e. The van der Waals surface area contributed by atoms with E-state index in [0.29, 0.717) is 0 Å². The lowest BCUT2D eigenvalue weighted by atomic mass is 10.2. The molecule has 2 aromatic heterocycles. The smallest absolute Gasteiger partial charge is 0.271 e. The van der Waals surface area contributed by atoms with Crippen LogP contribution in [0.25, 0.3) is 10.2 Å². The minimum atomic E-state index is 0.0383. The lowest BCUT2D eigenvalue weighted by molar-refractivity contribution is 0.728. The number of aromatic nitrogens is 2. The van der Waals surface area contributed by atoms with Crippen molar-refractivity contribution < 1.29 is 0 Å². The molecule has 0 saturated carbocycles. The highest BCUT2D eigenvalue weighted by molar-refractivity contribution is 7.98. The molecule has 0 aliphatic heterocycles. The molecule has 3 aromatic rings. The number of fused-ring (bicyclic) bond motifs is 1. The summed E-state index contributed by atoms with van der Waals surface area (Å²) in [6.45, 7) is 2.08. The third-order valence-electron chi connectivity index (χ3n) is 3.13. The van der Waals surface area contributed by atoms with E-state index in [4.69, 9.17) is 0 Å². The predicted octanol–water partition coefficient (Wildman–Crippen LogP) is 3.60. The normalized spacial score (nSPS) is 11.1. The molecule has 0 fully saturated rings. The van der Waals surface area contributed by atoms with Gasteiger partial charge in [0, 0.05) is 12.8 Å². The van der Waals surface area contributed by atoms with Crippen LogP contribution < -0.4 is 5.56 Å². The average molecular weight is 302 g/mol. The monoisotopic (exact) mass is 302 g/mol. The van der Waals surface area contributed by atoms with Crippen LogP contribution in [0.15, 0.2) is 45.7 Å². The lowest BCUT2D eigenvalue weighted by Gasteiger charge is -2.07. The zero-order chi connectivity index (χ0) is 14.1. The van der Waals surface area contributed by atoms with Gasteiger partial charge in [-0.15, -0.1) is 11.3 Å². The Morgan fingerprint density at radius 1 is 1.25 bits per heavy atom. The van der Waals surface area contributed by atoms with Crippen molar-refractivity contribution in [2.75, 3.05) is 0 Å². The van der Waals surface area contributed by atoms with Gasteiger partial charge in [0.1, 0.15) is 4.70 Å². The molecule has 3 rings (SSSR count). The third-order valence-corrected chi connectivity index (χ3v) is 5.13. The Balaban J connectivity index is 1.89. The van der Waals surface area contributed by atoms with Gasteiger partial charge in [-0.2, -0.15) is 0 Å². The molecular weight excluding hydrogens is 288 g/mol. The molecule has 0 spiro atoms. The van der Waals surface area contributed by atoms with Gasteiger partial charge in [0.05, 0.1) is 5.52 Å². The molecular formula is C15H14N2OS2. The van der Waals surface area contributed by atoms with E-state index in [1.807, 2.05) is 11.4 Å². The molecule has 0 saturated heterocycles. The SMILES string of the molecule is Cc1ccc(CSc2nc3ccsc3c(=O)n2C)cc1. The first-order valence-electron chi connectivity index (χ1n) is 6.28. The molecule has 0 N–H and O–H groups in total. The predicted molar refractivity (Wildman–Crippen MR) is 85.6 cm³/mol. The fourth-order valence-electron chi connectivity index (χ4n) is 1.93. The molecule has 102 valence electrons. The minimum Gasteiger partial charge on any atom is -0.290 e. The van der Waals surface area contributed by atoms with Gasteiger partial charge in [-0.05, 0) is 23.9 Å². The van der Waals surface area contributed by atoms with Gasteiger partial charge in [-0.25, -0.2) is 4.98 Å². The Bertz CT molecular complexity index is 803. The highest BCUT2D eigenvalue weighted by Crippen LogP contribution is 2.23. The molecule has 0 radical (unpaired) electrons. The Morgan fingerprint density at radius 2 is 2.00 bits per heavy atom. The summed E-state index contributed by atoms with van der Waals surface area (Å²) in [6.07, 6.45) is 0. The number of benzene rings is 1. The minimum absolute atomic E-state index is 0.0383. The Morgan fingerprint density at radius 3 is 2.75 bits per heavy atom. The van der Waals surface area contributed by atoms with Crippen LogP contribution in [0, 0.1) is 6.92 Å². The van der Waals surface area contributed by atoms with Crippen LogP contribution in [-0.4, -0.2) is 9.55 Å². The van der Waals surface area contributed by atoms with Crippen LogP contribution in [0.1, 0.15) is 11.1 Å². The van der Waals surface area contributed by atoms with E-state index in [1.54, 1.807) is 23.4 Å². The standard InChI is InChI=1S/C15H14N2OS2/c1-10-3-5-11(6-4-10)9-20-15-16-12-7-8-19-13(12)14(18)17(15)2/h3-8H,9H2,1-2H3. The summed E-state index contributed by atoms with van der Waals surface area (Å²) in [5.74, 6) is 0.816. The first-order valence-corrected chi connectivity index (χ1v) is 8.14. The summed E-state index contributed by atoms with van der Waals surface area (Å²) in [6, 6.07) is 10.3. The van der Waals surface area contributed by atoms with E-state index in [1.165, 1.54) is 22.5 Å². The second-order valence-electron chi connectivity index (χ2n) is 4.67. The number of nitrogens with zero attached hydrogens (tertiary/aromatic N) is 2. The zero-order valence-electron chi connectivity index (χ0n) is 11.3.